The zero-order valence-corrected chi connectivity index (χ0v) is 31.5. The second-order valence-electron chi connectivity index (χ2n) is 13.4. The van der Waals surface area contributed by atoms with Gasteiger partial charge in [-0.15, -0.1) is 0 Å². The Bertz CT molecular complexity index is 1010. The number of carbonyl (C=O) groups is 6. The Morgan fingerprint density at radius 1 is 0.608 bits per heavy atom. The van der Waals surface area contributed by atoms with Crippen LogP contribution in [0.3, 0.4) is 0 Å². The summed E-state index contributed by atoms with van der Waals surface area (Å²) in [6, 6.07) is -1.97. The van der Waals surface area contributed by atoms with E-state index < -0.39 is 53.4 Å². The summed E-state index contributed by atoms with van der Waals surface area (Å²) < 4.78 is 22.1. The lowest BCUT2D eigenvalue weighted by atomic mass is 9.95. The first kappa shape index (κ1) is 45.7. The van der Waals surface area contributed by atoms with Gasteiger partial charge in [0, 0.05) is 44.6 Å². The van der Waals surface area contributed by atoms with Gasteiger partial charge in [-0.2, -0.15) is 0 Å². The van der Waals surface area contributed by atoms with Crippen molar-refractivity contribution in [3.8, 4) is 0 Å². The number of hydrogen-bond acceptors (Lipinski definition) is 13. The number of hydrogen-bond donors (Lipinski definition) is 2. The predicted octanol–water partition coefficient (Wildman–Crippen LogP) is 3.50. The van der Waals surface area contributed by atoms with E-state index in [1.807, 2.05) is 27.7 Å². The minimum absolute atomic E-state index is 0.0595. The van der Waals surface area contributed by atoms with Crippen molar-refractivity contribution in [3.05, 3.63) is 0 Å². The standard InChI is InChI=1S/C36H63N3O12/c1-6-10-20-48-32(44)24-39(25-33(45)49-21-11-7-2)36(5)26-37(28(14-16-30(40)41)34(46)50-22-12-8-3)18-19-38(27-36)29(15-17-31(42)43)35(47)51-23-13-9-4/h28-29H,6-27H2,1-5H3,(H,40,41)(H,42,43). The monoisotopic (exact) mass is 729 g/mol. The number of carbonyl (C=O) groups excluding carboxylic acids is 4. The van der Waals surface area contributed by atoms with E-state index in [0.717, 1.165) is 25.7 Å². The van der Waals surface area contributed by atoms with Crippen LogP contribution in [0.2, 0.25) is 0 Å². The molecular weight excluding hydrogens is 666 g/mol. The molecule has 51 heavy (non-hydrogen) atoms. The number of ether oxygens (including phenoxy) is 4. The average molecular weight is 730 g/mol. The van der Waals surface area contributed by atoms with Gasteiger partial charge < -0.3 is 29.2 Å². The molecule has 0 saturated carbocycles. The summed E-state index contributed by atoms with van der Waals surface area (Å²) in [6.07, 6.45) is 5.00. The van der Waals surface area contributed by atoms with E-state index >= 15 is 0 Å². The van der Waals surface area contributed by atoms with E-state index in [0.29, 0.717) is 25.7 Å². The first-order valence-corrected chi connectivity index (χ1v) is 18.6. The quantitative estimate of drug-likeness (QED) is 0.0709. The molecule has 0 amide bonds. The topological polar surface area (TPSA) is 190 Å². The van der Waals surface area contributed by atoms with Crippen LogP contribution in [0.4, 0.5) is 0 Å². The third kappa shape index (κ3) is 18.2. The molecule has 294 valence electrons. The Balaban J connectivity index is 3.74. The first-order chi connectivity index (χ1) is 24.3. The molecule has 1 fully saturated rings. The molecule has 0 aromatic heterocycles. The third-order valence-corrected chi connectivity index (χ3v) is 8.86. The highest BCUT2D eigenvalue weighted by Crippen LogP contribution is 2.28. The normalized spacial score (nSPS) is 18.0. The summed E-state index contributed by atoms with van der Waals surface area (Å²) in [5.41, 5.74) is -1.15. The maximum Gasteiger partial charge on any atom is 0.323 e. The lowest BCUT2D eigenvalue weighted by Gasteiger charge is -2.44. The molecule has 0 aliphatic carbocycles. The summed E-state index contributed by atoms with van der Waals surface area (Å²) >= 11 is 0. The van der Waals surface area contributed by atoms with Gasteiger partial charge in [-0.05, 0) is 45.4 Å². The second-order valence-corrected chi connectivity index (χ2v) is 13.4. The summed E-state index contributed by atoms with van der Waals surface area (Å²) in [5, 5.41) is 19.1. The Hall–Kier alpha value is -3.30. The number of carboxylic acid groups (broad SMARTS) is 2. The molecule has 1 aliphatic heterocycles. The highest BCUT2D eigenvalue weighted by molar-refractivity contribution is 5.78. The molecule has 0 aromatic rings. The number of esters is 4. The fraction of sp³-hybridized carbons (Fsp3) is 0.833. The lowest BCUT2D eigenvalue weighted by molar-refractivity contribution is -0.157. The zero-order valence-electron chi connectivity index (χ0n) is 31.5. The van der Waals surface area contributed by atoms with Gasteiger partial charge in [0.15, 0.2) is 0 Å². The van der Waals surface area contributed by atoms with Crippen molar-refractivity contribution >= 4 is 35.8 Å². The molecule has 15 heteroatoms. The molecule has 1 saturated heterocycles. The molecule has 1 heterocycles. The highest BCUT2D eigenvalue weighted by atomic mass is 16.5. The van der Waals surface area contributed by atoms with Crippen LogP contribution in [0.1, 0.15) is 112 Å². The Morgan fingerprint density at radius 2 is 0.941 bits per heavy atom. The van der Waals surface area contributed by atoms with Crippen LogP contribution in [0, 0.1) is 0 Å². The van der Waals surface area contributed by atoms with Gasteiger partial charge in [-0.1, -0.05) is 53.4 Å². The number of carboxylic acids is 2. The number of nitrogens with zero attached hydrogens (tertiary/aromatic N) is 3. The Labute approximate surface area is 303 Å². The molecule has 0 spiro atoms. The van der Waals surface area contributed by atoms with E-state index in [9.17, 15) is 39.0 Å². The summed E-state index contributed by atoms with van der Waals surface area (Å²) in [6.45, 7) is 10.2. The van der Waals surface area contributed by atoms with Gasteiger partial charge in [0.2, 0.25) is 0 Å². The summed E-state index contributed by atoms with van der Waals surface area (Å²) in [7, 11) is 0. The first-order valence-electron chi connectivity index (χ1n) is 18.6. The Morgan fingerprint density at radius 3 is 1.25 bits per heavy atom. The molecule has 0 bridgehead atoms. The van der Waals surface area contributed by atoms with Crippen molar-refractivity contribution < 1.29 is 57.9 Å². The Kier molecular flexibility index (Phi) is 23.0. The van der Waals surface area contributed by atoms with Crippen LogP contribution in [0.15, 0.2) is 0 Å². The molecule has 0 radical (unpaired) electrons. The summed E-state index contributed by atoms with van der Waals surface area (Å²) in [4.78, 5) is 82.1. The zero-order chi connectivity index (χ0) is 38.2. The van der Waals surface area contributed by atoms with Gasteiger partial charge in [0.1, 0.15) is 12.1 Å². The average Bonchev–Trinajstić information content (AvgIpc) is 3.24. The van der Waals surface area contributed by atoms with Gasteiger partial charge in [0.25, 0.3) is 0 Å². The van der Waals surface area contributed by atoms with E-state index in [-0.39, 0.29) is 91.4 Å². The molecule has 2 atom stereocenters. The van der Waals surface area contributed by atoms with Gasteiger partial charge >= 0.3 is 35.8 Å². The molecule has 1 rings (SSSR count). The van der Waals surface area contributed by atoms with Crippen molar-refractivity contribution in [2.24, 2.45) is 0 Å². The fourth-order valence-electron chi connectivity index (χ4n) is 5.82. The van der Waals surface area contributed by atoms with Crippen LogP contribution >= 0.6 is 0 Å². The maximum atomic E-state index is 13.5. The van der Waals surface area contributed by atoms with Crippen molar-refractivity contribution in [2.45, 2.75) is 129 Å². The predicted molar refractivity (Wildman–Crippen MR) is 188 cm³/mol. The third-order valence-electron chi connectivity index (χ3n) is 8.86. The van der Waals surface area contributed by atoms with Crippen LogP contribution < -0.4 is 0 Å². The maximum absolute atomic E-state index is 13.5. The van der Waals surface area contributed by atoms with Crippen molar-refractivity contribution in [3.63, 3.8) is 0 Å². The van der Waals surface area contributed by atoms with E-state index in [4.69, 9.17) is 18.9 Å². The van der Waals surface area contributed by atoms with Crippen molar-refractivity contribution in [1.82, 2.24) is 14.7 Å². The van der Waals surface area contributed by atoms with Gasteiger partial charge in [-0.3, -0.25) is 43.5 Å². The minimum atomic E-state index is -1.15. The van der Waals surface area contributed by atoms with Gasteiger partial charge in [-0.25, -0.2) is 0 Å². The molecule has 2 N–H and O–H groups in total. The fourth-order valence-corrected chi connectivity index (χ4v) is 5.82. The van der Waals surface area contributed by atoms with Crippen LogP contribution in [-0.4, -0.2) is 144 Å². The van der Waals surface area contributed by atoms with E-state index in [1.54, 1.807) is 21.6 Å². The van der Waals surface area contributed by atoms with Gasteiger partial charge in [0.05, 0.1) is 39.5 Å². The molecule has 15 nitrogen and oxygen atoms in total. The van der Waals surface area contributed by atoms with Crippen molar-refractivity contribution in [2.75, 3.05) is 65.7 Å². The van der Waals surface area contributed by atoms with Crippen LogP contribution in [-0.2, 0) is 47.7 Å². The number of rotatable bonds is 27. The van der Waals surface area contributed by atoms with E-state index in [2.05, 4.69) is 0 Å². The lowest BCUT2D eigenvalue weighted by Crippen LogP contribution is -2.62. The molecule has 2 unspecified atom stereocenters. The number of unbranched alkanes of at least 4 members (excludes halogenated alkanes) is 4. The largest absolute Gasteiger partial charge is 0.481 e. The van der Waals surface area contributed by atoms with Crippen molar-refractivity contribution in [1.29, 1.82) is 0 Å². The van der Waals surface area contributed by atoms with E-state index in [1.165, 1.54) is 0 Å². The van der Waals surface area contributed by atoms with Crippen LogP contribution in [0.5, 0.6) is 0 Å². The minimum Gasteiger partial charge on any atom is -0.481 e. The molecule has 0 aromatic carbocycles. The second kappa shape index (κ2) is 25.6. The van der Waals surface area contributed by atoms with Crippen LogP contribution in [0.25, 0.3) is 0 Å². The SMILES string of the molecule is CCCCOC(=O)CN(CC(=O)OCCCC)C1(C)CN(C(CCC(=O)O)C(=O)OCCCC)CCN(C(CCC(=O)O)C(=O)OCCCC)C1. The smallest absolute Gasteiger partial charge is 0.323 e. The molecule has 1 aliphatic rings. The molecular formula is C36H63N3O12. The number of aliphatic carboxylic acids is 2. The summed E-state index contributed by atoms with van der Waals surface area (Å²) in [5.74, 6) is -4.50. The highest BCUT2D eigenvalue weighted by Gasteiger charge is 2.45.